The van der Waals surface area contributed by atoms with E-state index in [4.69, 9.17) is 14.2 Å². The Morgan fingerprint density at radius 3 is 1.05 bits per heavy atom. The molecule has 0 fully saturated rings. The number of esters is 3. The van der Waals surface area contributed by atoms with Crippen molar-refractivity contribution >= 4 is 17.9 Å². The van der Waals surface area contributed by atoms with E-state index in [0.29, 0.717) is 19.3 Å². The van der Waals surface area contributed by atoms with Crippen molar-refractivity contribution in [2.24, 2.45) is 0 Å². The molecule has 0 saturated heterocycles. The molecule has 0 aromatic rings. The average molecular weight is 857 g/mol. The van der Waals surface area contributed by atoms with Crippen molar-refractivity contribution in [2.75, 3.05) is 13.2 Å². The number of unbranched alkanes of at least 4 members (excludes halogenated alkanes) is 18. The highest BCUT2D eigenvalue weighted by atomic mass is 16.6. The molecule has 62 heavy (non-hydrogen) atoms. The van der Waals surface area contributed by atoms with Crippen molar-refractivity contribution < 1.29 is 28.6 Å². The SMILES string of the molecule is CC/C=C/C=C/C=C/C=C/C=C/CCCCCC(=O)OC(COC(=O)CCCCC/C=C/C=C/C=C/C=C/CC)COC(=O)CCCCCCC/C=C/CCCCCCCCC. The van der Waals surface area contributed by atoms with Gasteiger partial charge in [-0.05, 0) is 83.5 Å². The fourth-order valence-electron chi connectivity index (χ4n) is 6.23. The lowest BCUT2D eigenvalue weighted by Gasteiger charge is -2.18. The summed E-state index contributed by atoms with van der Waals surface area (Å²) >= 11 is 0. The van der Waals surface area contributed by atoms with Gasteiger partial charge in [-0.3, -0.25) is 14.4 Å². The molecule has 0 amide bonds. The summed E-state index contributed by atoms with van der Waals surface area (Å²) in [7, 11) is 0. The van der Waals surface area contributed by atoms with Crippen LogP contribution in [0.2, 0.25) is 0 Å². The Kier molecular flexibility index (Phi) is 46.1. The second kappa shape index (κ2) is 49.5. The van der Waals surface area contributed by atoms with Crippen LogP contribution in [0.4, 0.5) is 0 Å². The molecule has 0 aliphatic carbocycles. The third-order valence-electron chi connectivity index (χ3n) is 9.90. The van der Waals surface area contributed by atoms with E-state index in [2.05, 4.69) is 57.2 Å². The van der Waals surface area contributed by atoms with E-state index in [1.165, 1.54) is 57.8 Å². The first kappa shape index (κ1) is 57.8. The standard InChI is InChI=1S/C56H88O6/c1-4-7-10-13-16-19-22-25-27-29-31-34-37-40-43-46-49-55(58)61-52-53(51-60-54(57)48-45-42-39-36-33-30-24-21-18-15-12-9-6-3)62-56(59)50-47-44-41-38-35-32-28-26-23-20-17-14-11-8-5-2/h8-9,11-12,14-15,17-18,20-21,23-24,26-30,32-33,35,53H,4-7,10,13,16,19,22,25,31,34,36-52H2,1-3H3/b11-8+,12-9+,17-14+,18-15+,23-20+,24-21+,28-26+,29-27+,33-30+,35-32+. The fraction of sp³-hybridized carbons (Fsp3) is 0.589. The van der Waals surface area contributed by atoms with Crippen LogP contribution in [-0.2, 0) is 28.6 Å². The van der Waals surface area contributed by atoms with Gasteiger partial charge in [-0.2, -0.15) is 0 Å². The maximum atomic E-state index is 12.8. The first-order valence-corrected chi connectivity index (χ1v) is 24.7. The zero-order valence-electron chi connectivity index (χ0n) is 39.6. The van der Waals surface area contributed by atoms with E-state index in [-0.39, 0.29) is 37.5 Å². The maximum absolute atomic E-state index is 12.8. The minimum absolute atomic E-state index is 0.116. The Balaban J connectivity index is 4.55. The van der Waals surface area contributed by atoms with Crippen LogP contribution >= 0.6 is 0 Å². The summed E-state index contributed by atoms with van der Waals surface area (Å²) < 4.78 is 16.7. The van der Waals surface area contributed by atoms with Crippen molar-refractivity contribution in [3.05, 3.63) is 122 Å². The van der Waals surface area contributed by atoms with Crippen molar-refractivity contribution in [1.82, 2.24) is 0 Å². The van der Waals surface area contributed by atoms with Gasteiger partial charge < -0.3 is 14.2 Å². The van der Waals surface area contributed by atoms with Crippen LogP contribution in [0.1, 0.15) is 194 Å². The van der Waals surface area contributed by atoms with Gasteiger partial charge in [0, 0.05) is 19.3 Å². The van der Waals surface area contributed by atoms with Gasteiger partial charge in [0.1, 0.15) is 13.2 Å². The van der Waals surface area contributed by atoms with Gasteiger partial charge >= 0.3 is 17.9 Å². The lowest BCUT2D eigenvalue weighted by atomic mass is 10.1. The van der Waals surface area contributed by atoms with E-state index in [0.717, 1.165) is 89.9 Å². The second-order valence-electron chi connectivity index (χ2n) is 15.8. The fourth-order valence-corrected chi connectivity index (χ4v) is 6.23. The van der Waals surface area contributed by atoms with Gasteiger partial charge in [-0.1, -0.05) is 213 Å². The van der Waals surface area contributed by atoms with Crippen molar-refractivity contribution in [2.45, 2.75) is 200 Å². The smallest absolute Gasteiger partial charge is 0.306 e. The highest BCUT2D eigenvalue weighted by molar-refractivity contribution is 5.71. The van der Waals surface area contributed by atoms with E-state index in [1.807, 2.05) is 85.1 Å². The third-order valence-corrected chi connectivity index (χ3v) is 9.90. The van der Waals surface area contributed by atoms with Crippen LogP contribution in [0, 0.1) is 0 Å². The van der Waals surface area contributed by atoms with Gasteiger partial charge in [0.05, 0.1) is 0 Å². The zero-order valence-corrected chi connectivity index (χ0v) is 39.6. The second-order valence-corrected chi connectivity index (χ2v) is 15.8. The number of hydrogen-bond donors (Lipinski definition) is 0. The van der Waals surface area contributed by atoms with Crippen LogP contribution in [0.15, 0.2) is 122 Å². The number of rotatable bonds is 42. The summed E-state index contributed by atoms with van der Waals surface area (Å²) in [4.78, 5) is 37.9. The maximum Gasteiger partial charge on any atom is 0.306 e. The molecule has 6 nitrogen and oxygen atoms in total. The molecular formula is C56H88O6. The van der Waals surface area contributed by atoms with E-state index >= 15 is 0 Å². The highest BCUT2D eigenvalue weighted by Gasteiger charge is 2.19. The minimum Gasteiger partial charge on any atom is -0.462 e. The Labute approximate surface area is 380 Å². The lowest BCUT2D eigenvalue weighted by molar-refractivity contribution is -0.167. The van der Waals surface area contributed by atoms with Gasteiger partial charge in [-0.15, -0.1) is 0 Å². The molecule has 0 spiro atoms. The Morgan fingerprint density at radius 2 is 0.645 bits per heavy atom. The molecule has 6 heteroatoms. The van der Waals surface area contributed by atoms with Crippen molar-refractivity contribution in [1.29, 1.82) is 0 Å². The molecule has 0 aliphatic heterocycles. The summed E-state index contributed by atoms with van der Waals surface area (Å²) in [6.45, 7) is 6.25. The normalized spacial score (nSPS) is 13.1. The molecule has 0 radical (unpaired) electrons. The predicted octanol–water partition coefficient (Wildman–Crippen LogP) is 16.1. The molecule has 0 bridgehead atoms. The molecule has 348 valence electrons. The first-order chi connectivity index (χ1) is 30.5. The number of hydrogen-bond acceptors (Lipinski definition) is 6. The van der Waals surface area contributed by atoms with E-state index in [9.17, 15) is 14.4 Å². The number of ether oxygens (including phenoxy) is 3. The summed E-state index contributed by atoms with van der Waals surface area (Å²) in [6, 6.07) is 0. The molecule has 0 heterocycles. The molecular weight excluding hydrogens is 769 g/mol. The Morgan fingerprint density at radius 1 is 0.339 bits per heavy atom. The number of carbonyl (C=O) groups excluding carboxylic acids is 3. The highest BCUT2D eigenvalue weighted by Crippen LogP contribution is 2.13. The molecule has 0 aliphatic rings. The lowest BCUT2D eigenvalue weighted by Crippen LogP contribution is -2.30. The number of carbonyl (C=O) groups is 3. The van der Waals surface area contributed by atoms with E-state index < -0.39 is 6.10 Å². The Bertz CT molecular complexity index is 1350. The van der Waals surface area contributed by atoms with Crippen LogP contribution in [0.5, 0.6) is 0 Å². The topological polar surface area (TPSA) is 78.9 Å². The van der Waals surface area contributed by atoms with Crippen molar-refractivity contribution in [3.8, 4) is 0 Å². The van der Waals surface area contributed by atoms with Gasteiger partial charge in [0.15, 0.2) is 6.10 Å². The summed E-state index contributed by atoms with van der Waals surface area (Å²) in [5, 5.41) is 0. The Hall–Kier alpha value is -4.19. The van der Waals surface area contributed by atoms with Gasteiger partial charge in [0.2, 0.25) is 0 Å². The van der Waals surface area contributed by atoms with Crippen LogP contribution in [0.3, 0.4) is 0 Å². The van der Waals surface area contributed by atoms with Crippen molar-refractivity contribution in [3.63, 3.8) is 0 Å². The quantitative estimate of drug-likeness (QED) is 0.0200. The zero-order chi connectivity index (χ0) is 45.1. The molecule has 0 saturated carbocycles. The van der Waals surface area contributed by atoms with Gasteiger partial charge in [0.25, 0.3) is 0 Å². The molecule has 0 N–H and O–H groups in total. The summed E-state index contributed by atoms with van der Waals surface area (Å²) in [6.07, 6.45) is 67.5. The van der Waals surface area contributed by atoms with Crippen LogP contribution in [-0.4, -0.2) is 37.2 Å². The molecule has 0 rings (SSSR count). The minimum atomic E-state index is -0.822. The summed E-state index contributed by atoms with van der Waals surface area (Å²) in [5.74, 6) is -1.02. The monoisotopic (exact) mass is 857 g/mol. The number of allylic oxidation sites excluding steroid dienone is 20. The third kappa shape index (κ3) is 46.9. The molecule has 0 aromatic carbocycles. The summed E-state index contributed by atoms with van der Waals surface area (Å²) in [5.41, 5.74) is 0. The largest absolute Gasteiger partial charge is 0.462 e. The van der Waals surface area contributed by atoms with Crippen LogP contribution < -0.4 is 0 Å². The van der Waals surface area contributed by atoms with Gasteiger partial charge in [-0.25, -0.2) is 0 Å². The first-order valence-electron chi connectivity index (χ1n) is 24.7. The molecule has 0 aromatic heterocycles. The van der Waals surface area contributed by atoms with Crippen LogP contribution in [0.25, 0.3) is 0 Å². The predicted molar refractivity (Wildman–Crippen MR) is 265 cm³/mol. The molecule has 1 unspecified atom stereocenters. The van der Waals surface area contributed by atoms with E-state index in [1.54, 1.807) is 0 Å². The molecule has 1 atom stereocenters. The average Bonchev–Trinajstić information content (AvgIpc) is 3.27.